The number of aromatic nitrogens is 2. The van der Waals surface area contributed by atoms with Crippen LogP contribution in [0.5, 0.6) is 0 Å². The Bertz CT molecular complexity index is 986. The predicted octanol–water partition coefficient (Wildman–Crippen LogP) is 2.98. The highest BCUT2D eigenvalue weighted by Crippen LogP contribution is 2.25. The molecule has 0 saturated heterocycles. The third-order valence-corrected chi connectivity index (χ3v) is 4.20. The van der Waals surface area contributed by atoms with Gasteiger partial charge in [0, 0.05) is 31.2 Å². The zero-order valence-corrected chi connectivity index (χ0v) is 15.2. The number of carbonyl (C=O) groups excluding carboxylic acids is 1. The van der Waals surface area contributed by atoms with Gasteiger partial charge in [-0.15, -0.1) is 6.42 Å². The Labute approximate surface area is 158 Å². The third kappa shape index (κ3) is 4.12. The van der Waals surface area contributed by atoms with Gasteiger partial charge in [0.15, 0.2) is 5.82 Å². The zero-order chi connectivity index (χ0) is 19.4. The van der Waals surface area contributed by atoms with Gasteiger partial charge < -0.3 is 10.6 Å². The first-order valence-corrected chi connectivity index (χ1v) is 8.39. The monoisotopic (exact) mass is 360 g/mol. The number of pyridine rings is 2. The van der Waals surface area contributed by atoms with E-state index in [1.54, 1.807) is 23.2 Å². The first-order chi connectivity index (χ1) is 13.0. The molecule has 3 N–H and O–H groups in total. The molecule has 1 aliphatic heterocycles. The van der Waals surface area contributed by atoms with E-state index in [0.717, 1.165) is 22.4 Å². The Morgan fingerprint density at radius 3 is 2.96 bits per heavy atom. The average Bonchev–Trinajstić information content (AvgIpc) is 3.07. The smallest absolute Gasteiger partial charge is 0.323 e. The number of allylic oxidation sites excluding steroid dienone is 1. The van der Waals surface area contributed by atoms with Gasteiger partial charge in [-0.2, -0.15) is 0 Å². The molecule has 3 heterocycles. The molecule has 0 aliphatic carbocycles. The second-order valence-corrected chi connectivity index (χ2v) is 6.27. The van der Waals surface area contributed by atoms with Gasteiger partial charge >= 0.3 is 6.03 Å². The zero-order valence-electron chi connectivity index (χ0n) is 15.2. The van der Waals surface area contributed by atoms with Crippen molar-refractivity contribution in [1.82, 2.24) is 14.9 Å². The standard InChI is InChI=1S/C20H20N6O/c1-4-7-22-9-13(2)18-6-5-17(21)19(24-18)25-20(27)26-11-15-8-14(3)23-10-16(15)12-26/h1,5-10H,11-12,21H2,2-3H3,(H,24,25,27)/b13-9+,22-7-. The normalized spacial score (nSPS) is 13.5. The lowest BCUT2D eigenvalue weighted by atomic mass is 10.2. The number of nitrogens with zero attached hydrogens (tertiary/aromatic N) is 4. The lowest BCUT2D eigenvalue weighted by molar-refractivity contribution is 0.212. The molecule has 7 nitrogen and oxygen atoms in total. The number of nitrogens with two attached hydrogens (primary N) is 1. The number of carbonyl (C=O) groups is 1. The van der Waals surface area contributed by atoms with E-state index in [9.17, 15) is 4.79 Å². The van der Waals surface area contributed by atoms with Crippen molar-refractivity contribution in [2.45, 2.75) is 26.9 Å². The largest absolute Gasteiger partial charge is 0.396 e. The van der Waals surface area contributed by atoms with Crippen LogP contribution in [0.25, 0.3) is 5.57 Å². The number of amides is 2. The molecule has 0 fully saturated rings. The molecule has 0 saturated carbocycles. The summed E-state index contributed by atoms with van der Waals surface area (Å²) in [6.07, 6.45) is 9.91. The summed E-state index contributed by atoms with van der Waals surface area (Å²) in [6, 6.07) is 5.21. The number of nitrogen functional groups attached to an aromatic ring is 1. The minimum Gasteiger partial charge on any atom is -0.396 e. The number of hydrogen-bond acceptors (Lipinski definition) is 5. The van der Waals surface area contributed by atoms with Crippen LogP contribution in [-0.2, 0) is 13.1 Å². The summed E-state index contributed by atoms with van der Waals surface area (Å²) in [5.41, 5.74) is 10.9. The van der Waals surface area contributed by atoms with Crippen molar-refractivity contribution >= 4 is 29.3 Å². The molecule has 1 aliphatic rings. The minimum absolute atomic E-state index is 0.257. The van der Waals surface area contributed by atoms with Crippen LogP contribution in [0, 0.1) is 19.3 Å². The molecule has 0 spiro atoms. The van der Waals surface area contributed by atoms with Gasteiger partial charge in [-0.05, 0) is 48.7 Å². The Morgan fingerprint density at radius 1 is 1.41 bits per heavy atom. The number of nitrogens with one attached hydrogen (secondary N) is 1. The maximum Gasteiger partial charge on any atom is 0.323 e. The van der Waals surface area contributed by atoms with Gasteiger partial charge in [-0.3, -0.25) is 15.3 Å². The van der Waals surface area contributed by atoms with Crippen LogP contribution in [-0.4, -0.2) is 27.1 Å². The number of anilines is 2. The lowest BCUT2D eigenvalue weighted by Crippen LogP contribution is -2.31. The molecule has 2 aromatic heterocycles. The Morgan fingerprint density at radius 2 is 2.19 bits per heavy atom. The van der Waals surface area contributed by atoms with Crippen LogP contribution in [0.2, 0.25) is 0 Å². The van der Waals surface area contributed by atoms with Crippen molar-refractivity contribution in [3.8, 4) is 12.3 Å². The summed E-state index contributed by atoms with van der Waals surface area (Å²) in [7, 11) is 0. The molecular formula is C20H20N6O. The summed E-state index contributed by atoms with van der Waals surface area (Å²) in [4.78, 5) is 27.0. The maximum absolute atomic E-state index is 12.7. The summed E-state index contributed by atoms with van der Waals surface area (Å²) in [5, 5.41) is 2.80. The van der Waals surface area contributed by atoms with E-state index < -0.39 is 0 Å². The van der Waals surface area contributed by atoms with Gasteiger partial charge in [0.25, 0.3) is 0 Å². The van der Waals surface area contributed by atoms with Crippen molar-refractivity contribution in [3.63, 3.8) is 0 Å². The summed E-state index contributed by atoms with van der Waals surface area (Å²) < 4.78 is 0. The first-order valence-electron chi connectivity index (χ1n) is 8.39. The second-order valence-electron chi connectivity index (χ2n) is 6.27. The topological polar surface area (TPSA) is 96.5 Å². The van der Waals surface area contributed by atoms with E-state index in [4.69, 9.17) is 12.2 Å². The highest BCUT2D eigenvalue weighted by molar-refractivity contribution is 5.92. The number of aliphatic imine (C=N–C) groups is 1. The molecule has 0 atom stereocenters. The molecule has 0 aromatic carbocycles. The number of hydrogen-bond donors (Lipinski definition) is 2. The molecule has 2 amide bonds. The molecule has 7 heteroatoms. The highest BCUT2D eigenvalue weighted by Gasteiger charge is 2.24. The Balaban J connectivity index is 1.75. The van der Waals surface area contributed by atoms with Gasteiger partial charge in [0.2, 0.25) is 0 Å². The number of aryl methyl sites for hydroxylation is 1. The lowest BCUT2D eigenvalue weighted by Gasteiger charge is -2.17. The molecule has 136 valence electrons. The van der Waals surface area contributed by atoms with Crippen molar-refractivity contribution in [2.75, 3.05) is 11.1 Å². The van der Waals surface area contributed by atoms with E-state index >= 15 is 0 Å². The van der Waals surface area contributed by atoms with E-state index in [-0.39, 0.29) is 6.03 Å². The fourth-order valence-electron chi connectivity index (χ4n) is 2.77. The fourth-order valence-corrected chi connectivity index (χ4v) is 2.77. The van der Waals surface area contributed by atoms with Crippen molar-refractivity contribution in [2.24, 2.45) is 4.99 Å². The number of terminal acetylenes is 1. The third-order valence-electron chi connectivity index (χ3n) is 4.20. The van der Waals surface area contributed by atoms with E-state index in [2.05, 4.69) is 26.2 Å². The number of fused-ring (bicyclic) bond motifs is 1. The molecule has 0 unspecified atom stereocenters. The van der Waals surface area contributed by atoms with Crippen LogP contribution in [0.3, 0.4) is 0 Å². The highest BCUT2D eigenvalue weighted by atomic mass is 16.2. The van der Waals surface area contributed by atoms with E-state index in [0.29, 0.717) is 30.3 Å². The van der Waals surface area contributed by atoms with Gasteiger partial charge in [-0.25, -0.2) is 9.78 Å². The first kappa shape index (κ1) is 18.1. The second kappa shape index (κ2) is 7.70. The van der Waals surface area contributed by atoms with Crippen molar-refractivity contribution in [1.29, 1.82) is 0 Å². The van der Waals surface area contributed by atoms with Crippen LogP contribution in [0.1, 0.15) is 29.4 Å². The molecule has 27 heavy (non-hydrogen) atoms. The molecular weight excluding hydrogens is 340 g/mol. The summed E-state index contributed by atoms with van der Waals surface area (Å²) in [5.74, 6) is 2.64. The molecule has 3 rings (SSSR count). The summed E-state index contributed by atoms with van der Waals surface area (Å²) >= 11 is 0. The minimum atomic E-state index is -0.257. The van der Waals surface area contributed by atoms with Gasteiger partial charge in [0.1, 0.15) is 0 Å². The average molecular weight is 360 g/mol. The predicted molar refractivity (Wildman–Crippen MR) is 107 cm³/mol. The Kier molecular flexibility index (Phi) is 5.18. The van der Waals surface area contributed by atoms with Gasteiger partial charge in [0.05, 0.1) is 17.6 Å². The van der Waals surface area contributed by atoms with Crippen molar-refractivity contribution < 1.29 is 4.79 Å². The SMILES string of the molecule is C#C/C=N\C=C(/C)c1ccc(N)c(NC(=O)N2Cc3cnc(C)cc3C2)n1. The number of rotatable bonds is 3. The van der Waals surface area contributed by atoms with Gasteiger partial charge in [-0.1, -0.05) is 5.92 Å². The quantitative estimate of drug-likeness (QED) is 0.649. The number of urea groups is 1. The van der Waals surface area contributed by atoms with Crippen LogP contribution >= 0.6 is 0 Å². The van der Waals surface area contributed by atoms with Crippen LogP contribution in [0.15, 0.2) is 35.6 Å². The molecule has 0 bridgehead atoms. The maximum atomic E-state index is 12.7. The molecule has 0 radical (unpaired) electrons. The van der Waals surface area contributed by atoms with Crippen LogP contribution in [0.4, 0.5) is 16.3 Å². The van der Waals surface area contributed by atoms with Crippen LogP contribution < -0.4 is 11.1 Å². The summed E-state index contributed by atoms with van der Waals surface area (Å²) in [6.45, 7) is 4.82. The van der Waals surface area contributed by atoms with Crippen molar-refractivity contribution in [3.05, 3.63) is 53.1 Å². The van der Waals surface area contributed by atoms with E-state index in [1.807, 2.05) is 26.1 Å². The Hall–Kier alpha value is -3.66. The van der Waals surface area contributed by atoms with E-state index in [1.165, 1.54) is 6.21 Å². The fraction of sp³-hybridized carbons (Fsp3) is 0.200. The molecule has 2 aromatic rings.